The monoisotopic (exact) mass is 252 g/mol. The maximum Gasteiger partial charge on any atom is 0.326 e. The molecule has 2 unspecified atom stereocenters. The Morgan fingerprint density at radius 3 is 2.83 bits per heavy atom. The molecule has 1 rings (SSSR count). The predicted octanol–water partition coefficient (Wildman–Crippen LogP) is 1.44. The zero-order valence-corrected chi connectivity index (χ0v) is 10.7. The summed E-state index contributed by atoms with van der Waals surface area (Å²) in [4.78, 5) is 24.5. The van der Waals surface area contributed by atoms with Gasteiger partial charge in [-0.05, 0) is 25.7 Å². The molecule has 0 spiro atoms. The Balaban J connectivity index is 2.63. The van der Waals surface area contributed by atoms with Crippen LogP contribution in [0.25, 0.3) is 0 Å². The van der Waals surface area contributed by atoms with Crippen LogP contribution in [0.1, 0.15) is 39.0 Å². The summed E-state index contributed by atoms with van der Waals surface area (Å²) in [6.45, 7) is 2.43. The van der Waals surface area contributed by atoms with Gasteiger partial charge in [0.05, 0.1) is 0 Å². The van der Waals surface area contributed by atoms with Gasteiger partial charge in [-0.15, -0.1) is 12.3 Å². The van der Waals surface area contributed by atoms with Crippen LogP contribution in [-0.2, 0) is 4.79 Å². The minimum Gasteiger partial charge on any atom is -0.480 e. The zero-order chi connectivity index (χ0) is 13.5. The maximum atomic E-state index is 12.0. The highest BCUT2D eigenvalue weighted by atomic mass is 16.4. The van der Waals surface area contributed by atoms with Crippen molar-refractivity contribution in [2.24, 2.45) is 0 Å². The molecule has 1 fully saturated rings. The van der Waals surface area contributed by atoms with E-state index in [0.717, 1.165) is 19.3 Å². The molecule has 1 aliphatic heterocycles. The van der Waals surface area contributed by atoms with Crippen molar-refractivity contribution >= 4 is 12.0 Å². The number of nitrogens with one attached hydrogen (secondary N) is 1. The number of hydrogen-bond acceptors (Lipinski definition) is 2. The molecule has 1 aliphatic rings. The zero-order valence-electron chi connectivity index (χ0n) is 10.7. The summed E-state index contributed by atoms with van der Waals surface area (Å²) in [5.41, 5.74) is 0. The Labute approximate surface area is 108 Å². The topological polar surface area (TPSA) is 69.6 Å². The van der Waals surface area contributed by atoms with Crippen LogP contribution < -0.4 is 5.32 Å². The standard InChI is InChI=1S/C13H20N2O3/c1-3-7-10(4-2)14-13(18)15-9-6-5-8-11(15)12(16)17/h1,10-11H,4-9H2,2H3,(H,14,18)(H,16,17). The number of carboxylic acid groups (broad SMARTS) is 1. The van der Waals surface area contributed by atoms with E-state index in [4.69, 9.17) is 11.5 Å². The molecule has 1 saturated heterocycles. The van der Waals surface area contributed by atoms with Crippen molar-refractivity contribution in [3.8, 4) is 12.3 Å². The fourth-order valence-corrected chi connectivity index (χ4v) is 2.13. The second kappa shape index (κ2) is 6.90. The summed E-state index contributed by atoms with van der Waals surface area (Å²) in [5, 5.41) is 11.9. The van der Waals surface area contributed by atoms with E-state index in [1.807, 2.05) is 6.92 Å². The largest absolute Gasteiger partial charge is 0.480 e. The number of hydrogen-bond donors (Lipinski definition) is 2. The molecule has 18 heavy (non-hydrogen) atoms. The van der Waals surface area contributed by atoms with Crippen molar-refractivity contribution in [2.45, 2.75) is 51.1 Å². The smallest absolute Gasteiger partial charge is 0.326 e. The number of carboxylic acids is 1. The van der Waals surface area contributed by atoms with Crippen molar-refractivity contribution < 1.29 is 14.7 Å². The van der Waals surface area contributed by atoms with Gasteiger partial charge in [-0.1, -0.05) is 6.92 Å². The Hall–Kier alpha value is -1.70. The minimum atomic E-state index is -0.935. The minimum absolute atomic E-state index is 0.0844. The van der Waals surface area contributed by atoms with E-state index in [1.54, 1.807) is 0 Å². The lowest BCUT2D eigenvalue weighted by Gasteiger charge is -2.34. The molecule has 0 radical (unpaired) electrons. The van der Waals surface area contributed by atoms with Crippen molar-refractivity contribution in [1.29, 1.82) is 0 Å². The molecule has 2 amide bonds. The van der Waals surface area contributed by atoms with E-state index in [1.165, 1.54) is 4.90 Å². The molecule has 0 saturated carbocycles. The Morgan fingerprint density at radius 2 is 2.28 bits per heavy atom. The van der Waals surface area contributed by atoms with Crippen molar-refractivity contribution in [3.05, 3.63) is 0 Å². The lowest BCUT2D eigenvalue weighted by atomic mass is 10.0. The average molecular weight is 252 g/mol. The number of rotatable bonds is 4. The highest BCUT2D eigenvalue weighted by molar-refractivity contribution is 5.83. The van der Waals surface area contributed by atoms with Crippen molar-refractivity contribution in [2.75, 3.05) is 6.54 Å². The number of likely N-dealkylation sites (tertiary alicyclic amines) is 1. The number of carbonyl (C=O) groups is 2. The fourth-order valence-electron chi connectivity index (χ4n) is 2.13. The predicted molar refractivity (Wildman–Crippen MR) is 68.0 cm³/mol. The highest BCUT2D eigenvalue weighted by Crippen LogP contribution is 2.17. The van der Waals surface area contributed by atoms with Gasteiger partial charge >= 0.3 is 12.0 Å². The van der Waals surface area contributed by atoms with Gasteiger partial charge in [0.1, 0.15) is 6.04 Å². The number of aliphatic carboxylic acids is 1. The normalized spacial score (nSPS) is 20.9. The van der Waals surface area contributed by atoms with Gasteiger partial charge in [0.25, 0.3) is 0 Å². The fraction of sp³-hybridized carbons (Fsp3) is 0.692. The van der Waals surface area contributed by atoms with Gasteiger partial charge in [-0.3, -0.25) is 0 Å². The molecule has 5 nitrogen and oxygen atoms in total. The van der Waals surface area contributed by atoms with Crippen LogP contribution in [0.15, 0.2) is 0 Å². The van der Waals surface area contributed by atoms with Crippen LogP contribution in [0, 0.1) is 12.3 Å². The van der Waals surface area contributed by atoms with E-state index >= 15 is 0 Å². The molecule has 0 aliphatic carbocycles. The first-order valence-electron chi connectivity index (χ1n) is 6.33. The lowest BCUT2D eigenvalue weighted by Crippen LogP contribution is -2.53. The van der Waals surface area contributed by atoms with Crippen LogP contribution in [-0.4, -0.2) is 40.6 Å². The van der Waals surface area contributed by atoms with E-state index in [2.05, 4.69) is 11.2 Å². The van der Waals surface area contributed by atoms with Crippen LogP contribution >= 0.6 is 0 Å². The molecule has 0 aromatic heterocycles. The first kappa shape index (κ1) is 14.4. The highest BCUT2D eigenvalue weighted by Gasteiger charge is 2.32. The summed E-state index contributed by atoms with van der Waals surface area (Å²) in [6, 6.07) is -1.11. The third kappa shape index (κ3) is 3.66. The molecule has 0 aromatic rings. The maximum absolute atomic E-state index is 12.0. The quantitative estimate of drug-likeness (QED) is 0.744. The third-order valence-corrected chi connectivity index (χ3v) is 3.23. The Bertz CT molecular complexity index is 349. The van der Waals surface area contributed by atoms with Gasteiger partial charge < -0.3 is 15.3 Å². The van der Waals surface area contributed by atoms with Gasteiger partial charge in [-0.25, -0.2) is 9.59 Å². The van der Waals surface area contributed by atoms with Crippen molar-refractivity contribution in [3.63, 3.8) is 0 Å². The van der Waals surface area contributed by atoms with E-state index in [9.17, 15) is 9.59 Å². The Morgan fingerprint density at radius 1 is 1.56 bits per heavy atom. The summed E-state index contributed by atoms with van der Waals surface area (Å²) < 4.78 is 0. The van der Waals surface area contributed by atoms with Gasteiger partial charge in [0.2, 0.25) is 0 Å². The van der Waals surface area contributed by atoms with E-state index in [-0.39, 0.29) is 12.1 Å². The number of amides is 2. The molecule has 2 atom stereocenters. The third-order valence-electron chi connectivity index (χ3n) is 3.23. The summed E-state index contributed by atoms with van der Waals surface area (Å²) in [7, 11) is 0. The van der Waals surface area contributed by atoms with Gasteiger partial charge in [-0.2, -0.15) is 0 Å². The molecule has 2 N–H and O–H groups in total. The number of carbonyl (C=O) groups excluding carboxylic acids is 1. The molecule has 5 heteroatoms. The van der Waals surface area contributed by atoms with Crippen LogP contribution in [0.5, 0.6) is 0 Å². The lowest BCUT2D eigenvalue weighted by molar-refractivity contribution is -0.143. The SMILES string of the molecule is C#CCC(CC)NC(=O)N1CCCCC1C(=O)O. The number of urea groups is 1. The van der Waals surface area contributed by atoms with Crippen molar-refractivity contribution in [1.82, 2.24) is 10.2 Å². The second-order valence-corrected chi connectivity index (χ2v) is 4.51. The number of nitrogens with zero attached hydrogens (tertiary/aromatic N) is 1. The summed E-state index contributed by atoms with van der Waals surface area (Å²) in [6.07, 6.45) is 8.65. The molecular weight excluding hydrogens is 232 g/mol. The molecular formula is C13H20N2O3. The average Bonchev–Trinajstić information content (AvgIpc) is 2.38. The molecule has 100 valence electrons. The van der Waals surface area contributed by atoms with Crippen LogP contribution in [0.3, 0.4) is 0 Å². The number of piperidine rings is 1. The first-order valence-corrected chi connectivity index (χ1v) is 6.33. The Kier molecular flexibility index (Phi) is 5.50. The van der Waals surface area contributed by atoms with E-state index in [0.29, 0.717) is 19.4 Å². The molecule has 1 heterocycles. The molecule has 0 bridgehead atoms. The summed E-state index contributed by atoms with van der Waals surface area (Å²) >= 11 is 0. The molecule has 0 aromatic carbocycles. The van der Waals surface area contributed by atoms with Crippen LogP contribution in [0.2, 0.25) is 0 Å². The second-order valence-electron chi connectivity index (χ2n) is 4.51. The van der Waals surface area contributed by atoms with Crippen LogP contribution in [0.4, 0.5) is 4.79 Å². The van der Waals surface area contributed by atoms with Gasteiger partial charge in [0.15, 0.2) is 0 Å². The van der Waals surface area contributed by atoms with Gasteiger partial charge in [0, 0.05) is 19.0 Å². The number of terminal acetylenes is 1. The summed E-state index contributed by atoms with van der Waals surface area (Å²) in [5.74, 6) is 1.58. The van der Waals surface area contributed by atoms with E-state index < -0.39 is 12.0 Å². The first-order chi connectivity index (χ1) is 8.60.